The van der Waals surface area contributed by atoms with Crippen molar-refractivity contribution in [2.24, 2.45) is 0 Å². The Morgan fingerprint density at radius 3 is 2.38 bits per heavy atom. The summed E-state index contributed by atoms with van der Waals surface area (Å²) in [5, 5.41) is 0. The number of alkyl halides is 3. The van der Waals surface area contributed by atoms with Crippen molar-refractivity contribution in [3.8, 4) is 0 Å². The molecule has 1 aliphatic carbocycles. The van der Waals surface area contributed by atoms with E-state index in [1.165, 1.54) is 10.6 Å². The number of benzene rings is 1. The molecule has 32 heavy (non-hydrogen) atoms. The van der Waals surface area contributed by atoms with Crippen LogP contribution in [0.3, 0.4) is 0 Å². The average molecular weight is 518 g/mol. The lowest BCUT2D eigenvalue weighted by Gasteiger charge is -2.48. The molecular formula is C23H31BrF3N3O2. The first-order valence-corrected chi connectivity index (χ1v) is 12.3. The molecule has 5 nitrogen and oxygen atoms in total. The van der Waals surface area contributed by atoms with Gasteiger partial charge in [-0.05, 0) is 70.1 Å². The van der Waals surface area contributed by atoms with Crippen molar-refractivity contribution in [1.82, 2.24) is 14.0 Å². The van der Waals surface area contributed by atoms with Crippen LogP contribution in [0.5, 0.6) is 0 Å². The Balaban J connectivity index is 1.51. The van der Waals surface area contributed by atoms with E-state index >= 15 is 0 Å². The highest BCUT2D eigenvalue weighted by molar-refractivity contribution is 9.10. The number of hydrogen-bond donors (Lipinski definition) is 0. The lowest BCUT2D eigenvalue weighted by atomic mass is 9.79. The standard InChI is InChI=1S/C23H31BrF3N3O2/c1-3-14-32-18-6-10-22(2,11-7-18)28-12-8-17(9-13-28)29-20-15-16(24)4-5-19(20)30(21(29)31)23(25,26)27/h4-5,15,17-18H,3,6-14H2,1-2H3/t18-,22-. The predicted octanol–water partition coefficient (Wildman–Crippen LogP) is 5.81. The van der Waals surface area contributed by atoms with Crippen molar-refractivity contribution in [3.05, 3.63) is 33.2 Å². The average Bonchev–Trinajstić information content (AvgIpc) is 3.04. The molecule has 0 spiro atoms. The van der Waals surface area contributed by atoms with Gasteiger partial charge in [-0.1, -0.05) is 22.9 Å². The van der Waals surface area contributed by atoms with Crippen molar-refractivity contribution < 1.29 is 17.9 Å². The number of likely N-dealkylation sites (tertiary alicyclic amines) is 1. The van der Waals surface area contributed by atoms with Gasteiger partial charge < -0.3 is 4.74 Å². The van der Waals surface area contributed by atoms with Gasteiger partial charge in [0.25, 0.3) is 0 Å². The predicted molar refractivity (Wildman–Crippen MR) is 122 cm³/mol. The number of nitrogens with zero attached hydrogens (tertiary/aromatic N) is 3. The minimum absolute atomic E-state index is 0.0277. The molecule has 0 bridgehead atoms. The first-order valence-electron chi connectivity index (χ1n) is 11.5. The fraction of sp³-hybridized carbons (Fsp3) is 0.696. The van der Waals surface area contributed by atoms with E-state index in [1.807, 2.05) is 0 Å². The first-order chi connectivity index (χ1) is 15.1. The highest BCUT2D eigenvalue weighted by atomic mass is 79.9. The van der Waals surface area contributed by atoms with Crippen LogP contribution in [0.2, 0.25) is 0 Å². The highest BCUT2D eigenvalue weighted by Crippen LogP contribution is 2.38. The number of ether oxygens (including phenoxy) is 1. The van der Waals surface area contributed by atoms with E-state index < -0.39 is 12.0 Å². The lowest BCUT2D eigenvalue weighted by molar-refractivity contribution is -0.203. The Morgan fingerprint density at radius 2 is 1.78 bits per heavy atom. The molecule has 2 aromatic rings. The molecule has 0 amide bonds. The van der Waals surface area contributed by atoms with Crippen LogP contribution < -0.4 is 5.69 Å². The summed E-state index contributed by atoms with van der Waals surface area (Å²) >= 11 is 3.34. The minimum Gasteiger partial charge on any atom is -0.378 e. The molecule has 1 saturated carbocycles. The Hall–Kier alpha value is -1.32. The number of hydrogen-bond acceptors (Lipinski definition) is 3. The van der Waals surface area contributed by atoms with Crippen molar-refractivity contribution in [2.45, 2.75) is 82.8 Å². The second-order valence-corrected chi connectivity index (χ2v) is 10.3. The zero-order chi connectivity index (χ0) is 23.1. The largest absolute Gasteiger partial charge is 0.493 e. The van der Waals surface area contributed by atoms with Gasteiger partial charge >= 0.3 is 12.0 Å². The van der Waals surface area contributed by atoms with Crippen molar-refractivity contribution in [2.75, 3.05) is 19.7 Å². The van der Waals surface area contributed by atoms with Crippen LogP contribution in [0, 0.1) is 0 Å². The van der Waals surface area contributed by atoms with Gasteiger partial charge in [-0.15, -0.1) is 13.2 Å². The summed E-state index contributed by atoms with van der Waals surface area (Å²) < 4.78 is 48.9. The molecule has 1 aromatic carbocycles. The zero-order valence-electron chi connectivity index (χ0n) is 18.6. The van der Waals surface area contributed by atoms with E-state index in [-0.39, 0.29) is 21.7 Å². The van der Waals surface area contributed by atoms with Crippen molar-refractivity contribution in [3.63, 3.8) is 0 Å². The fourth-order valence-corrected chi connectivity index (χ4v) is 5.78. The second-order valence-electron chi connectivity index (χ2n) is 9.37. The molecule has 2 heterocycles. The minimum atomic E-state index is -4.75. The number of piperidine rings is 1. The number of aromatic nitrogens is 2. The van der Waals surface area contributed by atoms with Crippen molar-refractivity contribution >= 4 is 27.0 Å². The summed E-state index contributed by atoms with van der Waals surface area (Å²) in [6.45, 7) is 6.78. The van der Waals surface area contributed by atoms with E-state index in [0.717, 1.165) is 51.8 Å². The Kier molecular flexibility index (Phi) is 6.81. The normalized spacial score (nSPS) is 26.1. The van der Waals surface area contributed by atoms with Gasteiger partial charge in [-0.25, -0.2) is 9.36 Å². The number of imidazole rings is 1. The van der Waals surface area contributed by atoms with Gasteiger partial charge in [0, 0.05) is 35.7 Å². The topological polar surface area (TPSA) is 39.4 Å². The summed E-state index contributed by atoms with van der Waals surface area (Å²) in [5.41, 5.74) is -0.667. The van der Waals surface area contributed by atoms with E-state index in [2.05, 4.69) is 34.7 Å². The maximum atomic E-state index is 13.6. The highest BCUT2D eigenvalue weighted by Gasteiger charge is 2.41. The molecule has 1 aliphatic heterocycles. The Morgan fingerprint density at radius 1 is 1.12 bits per heavy atom. The van der Waals surface area contributed by atoms with Crippen LogP contribution in [0.4, 0.5) is 13.2 Å². The van der Waals surface area contributed by atoms with Gasteiger partial charge in [-0.2, -0.15) is 0 Å². The van der Waals surface area contributed by atoms with Crippen LogP contribution in [-0.2, 0) is 11.0 Å². The number of fused-ring (bicyclic) bond motifs is 1. The number of halogens is 4. The van der Waals surface area contributed by atoms with Gasteiger partial charge in [0.05, 0.1) is 17.1 Å². The maximum absolute atomic E-state index is 13.6. The summed E-state index contributed by atoms with van der Waals surface area (Å²) in [6.07, 6.45) is 2.16. The Bertz CT molecular complexity index is 1000. The summed E-state index contributed by atoms with van der Waals surface area (Å²) in [5.74, 6) is 0. The lowest BCUT2D eigenvalue weighted by Crippen LogP contribution is -2.53. The maximum Gasteiger partial charge on any atom is 0.493 e. The molecule has 2 fully saturated rings. The monoisotopic (exact) mass is 517 g/mol. The van der Waals surface area contributed by atoms with Crippen LogP contribution in [0.1, 0.15) is 64.8 Å². The zero-order valence-corrected chi connectivity index (χ0v) is 20.2. The molecule has 178 valence electrons. The van der Waals surface area contributed by atoms with Crippen LogP contribution in [0.15, 0.2) is 27.5 Å². The summed E-state index contributed by atoms with van der Waals surface area (Å²) in [4.78, 5) is 15.4. The summed E-state index contributed by atoms with van der Waals surface area (Å²) in [7, 11) is 0. The molecule has 1 saturated heterocycles. The second kappa shape index (κ2) is 9.14. The molecule has 0 atom stereocenters. The van der Waals surface area contributed by atoms with Gasteiger partial charge in [-0.3, -0.25) is 9.47 Å². The van der Waals surface area contributed by atoms with E-state index in [0.29, 0.717) is 28.9 Å². The fourth-order valence-electron chi connectivity index (χ4n) is 5.43. The van der Waals surface area contributed by atoms with E-state index in [9.17, 15) is 18.0 Å². The molecule has 9 heteroatoms. The quantitative estimate of drug-likeness (QED) is 0.502. The van der Waals surface area contributed by atoms with E-state index in [1.54, 1.807) is 12.1 Å². The van der Waals surface area contributed by atoms with Gasteiger partial charge in [0.15, 0.2) is 0 Å². The molecule has 0 unspecified atom stereocenters. The molecule has 0 N–H and O–H groups in total. The third-order valence-corrected chi connectivity index (χ3v) is 7.74. The molecule has 2 aliphatic rings. The summed E-state index contributed by atoms with van der Waals surface area (Å²) in [6, 6.07) is 4.27. The third kappa shape index (κ3) is 4.53. The third-order valence-electron chi connectivity index (χ3n) is 7.25. The Labute approximate surface area is 194 Å². The van der Waals surface area contributed by atoms with Gasteiger partial charge in [0.2, 0.25) is 0 Å². The van der Waals surface area contributed by atoms with E-state index in [4.69, 9.17) is 4.74 Å². The molecule has 1 aromatic heterocycles. The van der Waals surface area contributed by atoms with Crippen LogP contribution in [-0.4, -0.2) is 45.4 Å². The molecule has 4 rings (SSSR count). The molecular weight excluding hydrogens is 487 g/mol. The first kappa shape index (κ1) is 23.8. The van der Waals surface area contributed by atoms with Crippen molar-refractivity contribution in [1.29, 1.82) is 0 Å². The van der Waals surface area contributed by atoms with Crippen LogP contribution in [0.25, 0.3) is 11.0 Å². The van der Waals surface area contributed by atoms with Crippen LogP contribution >= 0.6 is 15.9 Å². The molecule has 0 radical (unpaired) electrons. The number of rotatable bonds is 5. The van der Waals surface area contributed by atoms with Gasteiger partial charge in [0.1, 0.15) is 0 Å². The smallest absolute Gasteiger partial charge is 0.378 e. The SMILES string of the molecule is CCCO[C@H]1CC[C@](C)(N2CCC(n3c(=O)n(C(F)(F)F)c4ccc(Br)cc43)CC2)CC1.